The van der Waals surface area contributed by atoms with E-state index in [1.54, 1.807) is 12.3 Å². The van der Waals surface area contributed by atoms with Crippen molar-refractivity contribution in [2.45, 2.75) is 38.2 Å². The Bertz CT molecular complexity index is 775. The Morgan fingerprint density at radius 1 is 1.33 bits per heavy atom. The highest BCUT2D eigenvalue weighted by Gasteiger charge is 2.20. The van der Waals surface area contributed by atoms with Crippen molar-refractivity contribution in [3.8, 4) is 5.88 Å². The number of fused-ring (bicyclic) bond motifs is 1. The average Bonchev–Trinajstić information content (AvgIpc) is 2.99. The molecule has 0 aromatic carbocycles. The van der Waals surface area contributed by atoms with Gasteiger partial charge in [0.15, 0.2) is 0 Å². The summed E-state index contributed by atoms with van der Waals surface area (Å²) in [4.78, 5) is 26.9. The molecule has 7 heteroatoms. The number of methoxy groups -OCH3 is 1. The molecule has 2 aromatic heterocycles. The van der Waals surface area contributed by atoms with Crippen molar-refractivity contribution in [2.75, 3.05) is 7.11 Å². The van der Waals surface area contributed by atoms with E-state index in [-0.39, 0.29) is 6.10 Å². The predicted molar refractivity (Wildman–Crippen MR) is 88.2 cm³/mol. The monoisotopic (exact) mass is 329 g/mol. The van der Waals surface area contributed by atoms with Crippen molar-refractivity contribution >= 4 is 29.4 Å². The summed E-state index contributed by atoms with van der Waals surface area (Å²) < 4.78 is 11.9. The fraction of sp³-hybridized carbons (Fsp3) is 0.412. The maximum atomic E-state index is 11.3. The lowest BCUT2D eigenvalue weighted by atomic mass is 9.98. The minimum absolute atomic E-state index is 0.119. The van der Waals surface area contributed by atoms with Crippen LogP contribution >= 0.6 is 0 Å². The predicted octanol–water partition coefficient (Wildman–Crippen LogP) is 2.37. The number of carbonyl (C=O) groups is 2. The van der Waals surface area contributed by atoms with Gasteiger partial charge in [-0.2, -0.15) is 5.10 Å². The second kappa shape index (κ2) is 7.25. The van der Waals surface area contributed by atoms with E-state index in [1.165, 1.54) is 30.4 Å². The normalized spacial score (nSPS) is 15.7. The van der Waals surface area contributed by atoms with Crippen LogP contribution in [0.2, 0.25) is 0 Å². The molecule has 24 heavy (non-hydrogen) atoms. The van der Waals surface area contributed by atoms with Crippen LogP contribution in [0, 0.1) is 0 Å². The molecule has 7 nitrogen and oxygen atoms in total. The molecule has 0 unspecified atom stereocenters. The van der Waals surface area contributed by atoms with Crippen molar-refractivity contribution in [1.29, 1.82) is 0 Å². The van der Waals surface area contributed by atoms with Gasteiger partial charge in [0.2, 0.25) is 12.3 Å². The number of pyridine rings is 1. The first-order chi connectivity index (χ1) is 11.7. The fourth-order valence-electron chi connectivity index (χ4n) is 2.93. The zero-order valence-corrected chi connectivity index (χ0v) is 13.5. The lowest BCUT2D eigenvalue weighted by Crippen LogP contribution is -2.20. The van der Waals surface area contributed by atoms with Crippen LogP contribution in [0.15, 0.2) is 18.3 Å². The first-order valence-corrected chi connectivity index (χ1v) is 7.98. The van der Waals surface area contributed by atoms with E-state index in [1.807, 2.05) is 0 Å². The Kier molecular flexibility index (Phi) is 4.88. The topological polar surface area (TPSA) is 83.3 Å². The lowest BCUT2D eigenvalue weighted by Gasteiger charge is -2.22. The molecular weight excluding hydrogens is 310 g/mol. The number of rotatable bonds is 5. The van der Waals surface area contributed by atoms with E-state index >= 15 is 0 Å². The molecule has 2 heterocycles. The van der Waals surface area contributed by atoms with Gasteiger partial charge in [0.05, 0.1) is 23.7 Å². The van der Waals surface area contributed by atoms with Crippen molar-refractivity contribution in [1.82, 2.24) is 14.8 Å². The van der Waals surface area contributed by atoms with E-state index < -0.39 is 5.97 Å². The Morgan fingerprint density at radius 3 is 2.83 bits per heavy atom. The summed E-state index contributed by atoms with van der Waals surface area (Å²) in [6.45, 7) is 0. The Labute approximate surface area is 139 Å². The van der Waals surface area contributed by atoms with Gasteiger partial charge >= 0.3 is 5.97 Å². The summed E-state index contributed by atoms with van der Waals surface area (Å²) in [6, 6.07) is 1.69. The molecule has 1 fully saturated rings. The Hall–Kier alpha value is -2.70. The van der Waals surface area contributed by atoms with E-state index in [2.05, 4.69) is 14.8 Å². The molecule has 0 atom stereocenters. The minimum atomic E-state index is -0.498. The van der Waals surface area contributed by atoms with Gasteiger partial charge < -0.3 is 9.47 Å². The van der Waals surface area contributed by atoms with E-state index in [9.17, 15) is 9.59 Å². The highest BCUT2D eigenvalue weighted by molar-refractivity contribution is 5.96. The molecule has 3 rings (SSSR count). The van der Waals surface area contributed by atoms with Crippen LogP contribution in [-0.4, -0.2) is 40.4 Å². The number of esters is 1. The number of ether oxygens (including phenoxy) is 2. The van der Waals surface area contributed by atoms with E-state index in [0.29, 0.717) is 28.9 Å². The quantitative estimate of drug-likeness (QED) is 0.476. The average molecular weight is 329 g/mol. The lowest BCUT2D eigenvalue weighted by molar-refractivity contribution is -0.134. The second-order valence-electron chi connectivity index (χ2n) is 5.68. The molecule has 1 aliphatic rings. The number of aromatic nitrogens is 3. The van der Waals surface area contributed by atoms with Gasteiger partial charge in [-0.3, -0.25) is 4.79 Å². The van der Waals surface area contributed by atoms with Gasteiger partial charge in [-0.25, -0.2) is 14.5 Å². The van der Waals surface area contributed by atoms with Crippen molar-refractivity contribution in [2.24, 2.45) is 0 Å². The zero-order chi connectivity index (χ0) is 16.9. The van der Waals surface area contributed by atoms with Crippen LogP contribution < -0.4 is 4.74 Å². The molecule has 0 saturated heterocycles. The van der Waals surface area contributed by atoms with Gasteiger partial charge in [0.25, 0.3) is 0 Å². The van der Waals surface area contributed by atoms with Crippen LogP contribution in [0.3, 0.4) is 0 Å². The van der Waals surface area contributed by atoms with Crippen molar-refractivity contribution in [3.05, 3.63) is 24.0 Å². The van der Waals surface area contributed by atoms with Crippen LogP contribution in [0.4, 0.5) is 0 Å². The molecule has 1 aliphatic carbocycles. The van der Waals surface area contributed by atoms with Crippen LogP contribution in [-0.2, 0) is 14.3 Å². The molecular formula is C17H19N3O4. The van der Waals surface area contributed by atoms with Gasteiger partial charge in [-0.1, -0.05) is 6.42 Å². The number of nitrogens with zero attached hydrogens (tertiary/aromatic N) is 3. The molecule has 126 valence electrons. The number of hydrogen-bond acceptors (Lipinski definition) is 6. The minimum Gasteiger partial charge on any atom is -0.474 e. The van der Waals surface area contributed by atoms with Crippen LogP contribution in [0.5, 0.6) is 5.88 Å². The molecule has 0 aliphatic heterocycles. The first kappa shape index (κ1) is 16.2. The summed E-state index contributed by atoms with van der Waals surface area (Å²) in [5.74, 6) is -0.0561. The zero-order valence-electron chi connectivity index (χ0n) is 13.5. The smallest absolute Gasteiger partial charge is 0.330 e. The summed E-state index contributed by atoms with van der Waals surface area (Å²) in [5.41, 5.74) is 1.04. The molecule has 0 bridgehead atoms. The highest BCUT2D eigenvalue weighted by atomic mass is 16.5. The Morgan fingerprint density at radius 2 is 2.12 bits per heavy atom. The maximum absolute atomic E-state index is 11.3. The maximum Gasteiger partial charge on any atom is 0.330 e. The Balaban J connectivity index is 2.01. The van der Waals surface area contributed by atoms with Crippen molar-refractivity contribution in [3.63, 3.8) is 0 Å². The largest absolute Gasteiger partial charge is 0.474 e. The van der Waals surface area contributed by atoms with Gasteiger partial charge in [0.1, 0.15) is 6.10 Å². The number of carbonyl (C=O) groups excluding carboxylic acids is 2. The fourth-order valence-corrected chi connectivity index (χ4v) is 2.93. The first-order valence-electron chi connectivity index (χ1n) is 7.98. The van der Waals surface area contributed by atoms with E-state index in [4.69, 9.17) is 4.74 Å². The highest BCUT2D eigenvalue weighted by Crippen LogP contribution is 2.30. The third-order valence-electron chi connectivity index (χ3n) is 4.12. The van der Waals surface area contributed by atoms with Gasteiger partial charge in [0, 0.05) is 12.3 Å². The van der Waals surface area contributed by atoms with Gasteiger partial charge in [-0.15, -0.1) is 0 Å². The van der Waals surface area contributed by atoms with Crippen LogP contribution in [0.1, 0.15) is 37.8 Å². The molecule has 0 radical (unpaired) electrons. The van der Waals surface area contributed by atoms with Crippen molar-refractivity contribution < 1.29 is 19.1 Å². The summed E-state index contributed by atoms with van der Waals surface area (Å²) in [5, 5.41) is 4.82. The van der Waals surface area contributed by atoms with Crippen LogP contribution in [0.25, 0.3) is 17.0 Å². The molecule has 0 N–H and O–H groups in total. The summed E-state index contributed by atoms with van der Waals surface area (Å²) in [6.07, 6.45) is 10.6. The SMILES string of the molecule is COC(=O)/C=C/c1nn(C=O)c2ccnc(OC3CCCCC3)c12. The second-order valence-corrected chi connectivity index (χ2v) is 5.68. The third-order valence-corrected chi connectivity index (χ3v) is 4.12. The third kappa shape index (κ3) is 3.29. The summed E-state index contributed by atoms with van der Waals surface area (Å²) >= 11 is 0. The van der Waals surface area contributed by atoms with E-state index in [0.717, 1.165) is 25.7 Å². The molecule has 0 amide bonds. The molecule has 0 spiro atoms. The standard InChI is InChI=1S/C17H19N3O4/c1-23-15(22)8-7-13-16-14(20(11-21)19-13)9-10-18-17(16)24-12-5-3-2-4-6-12/h7-12H,2-6H2,1H3/b8-7+. The number of hydrogen-bond donors (Lipinski definition) is 0. The molecule has 1 saturated carbocycles. The summed E-state index contributed by atoms with van der Waals surface area (Å²) in [7, 11) is 1.30. The van der Waals surface area contributed by atoms with Gasteiger partial charge in [-0.05, 0) is 37.8 Å². The molecule has 2 aromatic rings.